The number of halogens is 1. The summed E-state index contributed by atoms with van der Waals surface area (Å²) in [6, 6.07) is 6.86. The summed E-state index contributed by atoms with van der Waals surface area (Å²) in [4.78, 5) is 29.6. The molecule has 3 saturated carbocycles. The normalized spacial score (nSPS) is 43.3. The molecule has 0 N–H and O–H groups in total. The fourth-order valence-corrected chi connectivity index (χ4v) is 8.15. The number of likely N-dealkylation sites (tertiary alicyclic amines) is 1. The van der Waals surface area contributed by atoms with Gasteiger partial charge in [-0.25, -0.2) is 0 Å². The van der Waals surface area contributed by atoms with Crippen LogP contribution in [-0.2, 0) is 9.59 Å². The van der Waals surface area contributed by atoms with Crippen LogP contribution < -0.4 is 4.90 Å². The molecular weight excluding hydrogens is 492 g/mol. The lowest BCUT2D eigenvalue weighted by Crippen LogP contribution is -2.49. The predicted molar refractivity (Wildman–Crippen MR) is 145 cm³/mol. The minimum absolute atomic E-state index is 0. The van der Waals surface area contributed by atoms with Crippen molar-refractivity contribution in [1.82, 2.24) is 14.2 Å². The van der Waals surface area contributed by atoms with Gasteiger partial charge in [0, 0.05) is 49.9 Å². The molecule has 2 aromatic rings. The molecule has 2 aliphatic heterocycles. The molecule has 3 heterocycles. The summed E-state index contributed by atoms with van der Waals surface area (Å²) >= 11 is 1.02. The highest BCUT2D eigenvalue weighted by atomic mass is 35.5. The minimum Gasteiger partial charge on any atom is -0.353 e. The first-order valence-electron chi connectivity index (χ1n) is 17.0. The highest BCUT2D eigenvalue weighted by Gasteiger charge is 2.61. The number of carbonyl (C=O) groups excluding carboxylic acids is 2. The van der Waals surface area contributed by atoms with Gasteiger partial charge in [0.25, 0.3) is 0 Å². The highest BCUT2D eigenvalue weighted by Crippen LogP contribution is 2.56. The highest BCUT2D eigenvalue weighted by molar-refractivity contribution is 7.13. The Morgan fingerprint density at radius 2 is 1.53 bits per heavy atom. The molecule has 8 heteroatoms. The summed E-state index contributed by atoms with van der Waals surface area (Å²) in [5.74, 6) is -0.817. The van der Waals surface area contributed by atoms with Crippen molar-refractivity contribution in [3.8, 4) is 0 Å². The van der Waals surface area contributed by atoms with E-state index in [1.54, 1.807) is 24.3 Å². The van der Waals surface area contributed by atoms with Crippen LogP contribution in [0.5, 0.6) is 0 Å². The first-order chi connectivity index (χ1) is 20.2. The fraction of sp³-hybridized carbons (Fsp3) is 0.679. The van der Waals surface area contributed by atoms with Gasteiger partial charge in [-0.1, -0.05) is 25.0 Å². The number of hydrogen-bond acceptors (Lipinski definition) is 6. The molecule has 6 atom stereocenters. The standard InChI is InChI=1S/C28H36N4O2S.ClH/c33-27-24-18-9-10-19(15-18)25(24)28(34)32(27)17-21-6-2-1-5-20(21)16-30-11-13-31(14-12-30)26-22-7-3-4-8-23(22)35-29-26;/h3-4,7-8,18-21,24-25H,1-2,5-6,9-17H2;1H/t18-,19+,20-,21+,24+,25-;/m1./s1/i11D2,12D2,13D2,14D2;. The maximum absolute atomic E-state index is 13.4. The van der Waals surface area contributed by atoms with Gasteiger partial charge in [0.15, 0.2) is 0 Å². The number of fused-ring (bicyclic) bond motifs is 6. The summed E-state index contributed by atoms with van der Waals surface area (Å²) in [7, 11) is 0. The lowest BCUT2D eigenvalue weighted by atomic mass is 9.78. The van der Waals surface area contributed by atoms with Crippen molar-refractivity contribution in [3.05, 3.63) is 24.3 Å². The second-order valence-corrected chi connectivity index (χ2v) is 11.7. The van der Waals surface area contributed by atoms with E-state index in [0.29, 0.717) is 27.8 Å². The van der Waals surface area contributed by atoms with Crippen LogP contribution in [0, 0.1) is 35.5 Å². The molecule has 2 bridgehead atoms. The zero-order valence-electron chi connectivity index (χ0n) is 28.1. The van der Waals surface area contributed by atoms with E-state index >= 15 is 0 Å². The summed E-state index contributed by atoms with van der Waals surface area (Å²) in [6.45, 7) is -12.0. The number of carbonyl (C=O) groups is 2. The molecule has 5 aliphatic rings. The molecule has 2 saturated heterocycles. The Morgan fingerprint density at radius 1 is 0.889 bits per heavy atom. The van der Waals surface area contributed by atoms with Gasteiger partial charge in [-0.2, -0.15) is 4.37 Å². The topological polar surface area (TPSA) is 56.8 Å². The van der Waals surface area contributed by atoms with E-state index in [9.17, 15) is 9.59 Å². The predicted octanol–water partition coefficient (Wildman–Crippen LogP) is 4.68. The smallest absolute Gasteiger partial charge is 0.233 e. The van der Waals surface area contributed by atoms with E-state index in [1.807, 2.05) is 0 Å². The zero-order chi connectivity index (χ0) is 30.7. The van der Waals surface area contributed by atoms with E-state index in [0.717, 1.165) is 48.5 Å². The maximum atomic E-state index is 13.4. The number of amides is 2. The van der Waals surface area contributed by atoms with Gasteiger partial charge >= 0.3 is 0 Å². The summed E-state index contributed by atoms with van der Waals surface area (Å²) in [5.41, 5.74) is 0. The monoisotopic (exact) mass is 536 g/mol. The summed E-state index contributed by atoms with van der Waals surface area (Å²) in [6.07, 6.45) is 5.86. The Hall–Kier alpha value is -1.70. The van der Waals surface area contributed by atoms with Crippen LogP contribution in [-0.4, -0.2) is 65.1 Å². The van der Waals surface area contributed by atoms with Crippen LogP contribution in [0.4, 0.5) is 5.82 Å². The lowest BCUT2D eigenvalue weighted by Gasteiger charge is -2.40. The van der Waals surface area contributed by atoms with E-state index in [1.165, 1.54) is 4.90 Å². The van der Waals surface area contributed by atoms with Gasteiger partial charge in [-0.05, 0) is 79.4 Å². The van der Waals surface area contributed by atoms with Crippen molar-refractivity contribution in [1.29, 1.82) is 0 Å². The number of piperazine rings is 1. The zero-order valence-corrected chi connectivity index (χ0v) is 21.7. The lowest BCUT2D eigenvalue weighted by molar-refractivity contribution is -0.142. The van der Waals surface area contributed by atoms with Crippen LogP contribution in [0.25, 0.3) is 10.1 Å². The number of rotatable bonds is 5. The minimum atomic E-state index is -3.00. The SMILES string of the molecule is Cl.[2H]C1([2H])N(C[C@H]2CCCC[C@H]2CN2C(=O)[C@@H]3[C@H]4CC[C@H](C4)[C@@H]3C2=O)C([2H])([2H])C([2H])([2H])N(c2nsc3ccccc23)C1([2H])[2H]. The van der Waals surface area contributed by atoms with Crippen molar-refractivity contribution >= 4 is 51.7 Å². The molecule has 6 nitrogen and oxygen atoms in total. The molecule has 2 amide bonds. The molecule has 194 valence electrons. The number of anilines is 1. The van der Waals surface area contributed by atoms with Crippen LogP contribution >= 0.6 is 23.9 Å². The number of imide groups is 1. The average molecular weight is 537 g/mol. The summed E-state index contributed by atoms with van der Waals surface area (Å²) in [5, 5.41) is 0.422. The van der Waals surface area contributed by atoms with Gasteiger partial charge in [0.2, 0.25) is 11.8 Å². The molecule has 7 rings (SSSR count). The van der Waals surface area contributed by atoms with Crippen molar-refractivity contribution in [2.24, 2.45) is 35.5 Å². The largest absolute Gasteiger partial charge is 0.353 e. The van der Waals surface area contributed by atoms with Gasteiger partial charge in [0.1, 0.15) is 5.82 Å². The molecule has 0 unspecified atom stereocenters. The van der Waals surface area contributed by atoms with Crippen LogP contribution in [0.3, 0.4) is 0 Å². The van der Waals surface area contributed by atoms with Gasteiger partial charge < -0.3 is 4.90 Å². The van der Waals surface area contributed by atoms with E-state index in [2.05, 4.69) is 4.37 Å². The Kier molecular flexibility index (Phi) is 4.67. The Morgan fingerprint density at radius 3 is 2.22 bits per heavy atom. The first kappa shape index (κ1) is 17.0. The third-order valence-corrected chi connectivity index (χ3v) is 9.90. The molecule has 5 fully saturated rings. The quantitative estimate of drug-likeness (QED) is 0.519. The van der Waals surface area contributed by atoms with Crippen LogP contribution in [0.15, 0.2) is 24.3 Å². The van der Waals surface area contributed by atoms with Gasteiger partial charge in [-0.3, -0.25) is 19.4 Å². The molecule has 3 aliphatic carbocycles. The van der Waals surface area contributed by atoms with Gasteiger partial charge in [-0.15, -0.1) is 12.4 Å². The average Bonchev–Trinajstić information content (AvgIpc) is 3.72. The molecule has 36 heavy (non-hydrogen) atoms. The van der Waals surface area contributed by atoms with Crippen molar-refractivity contribution in [2.75, 3.05) is 44.0 Å². The maximum Gasteiger partial charge on any atom is 0.233 e. The third-order valence-electron chi connectivity index (χ3n) is 9.08. The number of hydrogen-bond donors (Lipinski definition) is 0. The third kappa shape index (κ3) is 4.06. The van der Waals surface area contributed by atoms with E-state index in [4.69, 9.17) is 11.0 Å². The number of nitrogens with zero attached hydrogens (tertiary/aromatic N) is 4. The van der Waals surface area contributed by atoms with Crippen LogP contribution in [0.2, 0.25) is 0 Å². The van der Waals surface area contributed by atoms with E-state index in [-0.39, 0.29) is 78.6 Å². The fourth-order valence-electron chi connectivity index (χ4n) is 7.39. The first-order valence-corrected chi connectivity index (χ1v) is 13.7. The molecule has 0 radical (unpaired) electrons. The second kappa shape index (κ2) is 9.88. The Labute approximate surface area is 235 Å². The molecule has 0 spiro atoms. The Balaban J connectivity index is 0.00000343. The van der Waals surface area contributed by atoms with Crippen molar-refractivity contribution in [3.63, 3.8) is 0 Å². The van der Waals surface area contributed by atoms with Crippen molar-refractivity contribution in [2.45, 2.75) is 44.9 Å². The summed E-state index contributed by atoms with van der Waals surface area (Å²) < 4.78 is 76.7. The second-order valence-electron chi connectivity index (χ2n) is 10.9. The Bertz CT molecular complexity index is 1420. The molecular formula is C28H37ClN4O2S. The molecule has 1 aromatic carbocycles. The molecule has 1 aromatic heterocycles. The van der Waals surface area contributed by atoms with Gasteiger partial charge in [0.05, 0.1) is 22.0 Å². The number of aromatic nitrogens is 1. The van der Waals surface area contributed by atoms with E-state index < -0.39 is 26.0 Å². The number of benzene rings is 1. The van der Waals surface area contributed by atoms with Crippen LogP contribution in [0.1, 0.15) is 55.9 Å². The van der Waals surface area contributed by atoms with Crippen molar-refractivity contribution < 1.29 is 20.6 Å².